The van der Waals surface area contributed by atoms with E-state index < -0.39 is 0 Å². The molecule has 1 heterocycles. The van der Waals surface area contributed by atoms with Gasteiger partial charge in [-0.2, -0.15) is 5.10 Å². The van der Waals surface area contributed by atoms with E-state index in [-0.39, 0.29) is 11.7 Å². The first-order valence-corrected chi connectivity index (χ1v) is 7.16. The first-order chi connectivity index (χ1) is 11.1. The second-order valence-electron chi connectivity index (χ2n) is 5.10. The van der Waals surface area contributed by atoms with Gasteiger partial charge in [0.05, 0.1) is 17.4 Å². The molecule has 0 unspecified atom stereocenters. The normalized spacial score (nSPS) is 10.3. The van der Waals surface area contributed by atoms with Gasteiger partial charge in [0.1, 0.15) is 0 Å². The standard InChI is InChI=1S/C18H15N3O2/c1-13(22)14-6-5-7-16(10-14)20-18(23)15-11-19-21(12-15)17-8-3-2-4-9-17/h2-12H,1H3,(H,20,23). The molecule has 3 aromatic rings. The number of nitrogens with zero attached hydrogens (tertiary/aromatic N) is 2. The number of ketones is 1. The van der Waals surface area contributed by atoms with Gasteiger partial charge in [-0.1, -0.05) is 30.3 Å². The second kappa shape index (κ2) is 6.27. The third-order valence-corrected chi connectivity index (χ3v) is 3.39. The average molecular weight is 305 g/mol. The minimum Gasteiger partial charge on any atom is -0.322 e. The van der Waals surface area contributed by atoms with Crippen molar-refractivity contribution in [3.8, 4) is 5.69 Å². The largest absolute Gasteiger partial charge is 0.322 e. The van der Waals surface area contributed by atoms with Gasteiger partial charge in [0.25, 0.3) is 5.91 Å². The molecule has 1 aromatic heterocycles. The average Bonchev–Trinajstić information content (AvgIpc) is 3.06. The van der Waals surface area contributed by atoms with E-state index in [0.29, 0.717) is 16.8 Å². The summed E-state index contributed by atoms with van der Waals surface area (Å²) >= 11 is 0. The van der Waals surface area contributed by atoms with Crippen LogP contribution in [0.2, 0.25) is 0 Å². The predicted molar refractivity (Wildman–Crippen MR) is 88.0 cm³/mol. The lowest BCUT2D eigenvalue weighted by Gasteiger charge is -2.05. The van der Waals surface area contributed by atoms with Crippen LogP contribution >= 0.6 is 0 Å². The minimum atomic E-state index is -0.270. The fourth-order valence-corrected chi connectivity index (χ4v) is 2.18. The number of Topliss-reactive ketones (excluding diaryl/α,β-unsaturated/α-hetero) is 1. The van der Waals surface area contributed by atoms with Gasteiger partial charge in [-0.25, -0.2) is 4.68 Å². The molecule has 0 fully saturated rings. The zero-order chi connectivity index (χ0) is 16.2. The highest BCUT2D eigenvalue weighted by atomic mass is 16.1. The van der Waals surface area contributed by atoms with Gasteiger partial charge in [-0.05, 0) is 31.2 Å². The number of rotatable bonds is 4. The molecular formula is C18H15N3O2. The molecule has 23 heavy (non-hydrogen) atoms. The molecule has 0 radical (unpaired) electrons. The number of anilines is 1. The Morgan fingerprint density at radius 3 is 2.52 bits per heavy atom. The van der Waals surface area contributed by atoms with Crippen molar-refractivity contribution >= 4 is 17.4 Å². The number of hydrogen-bond acceptors (Lipinski definition) is 3. The van der Waals surface area contributed by atoms with Gasteiger partial charge < -0.3 is 5.32 Å². The van der Waals surface area contributed by atoms with Crippen LogP contribution in [0.5, 0.6) is 0 Å². The molecule has 0 aliphatic heterocycles. The number of carbonyl (C=O) groups is 2. The highest BCUT2D eigenvalue weighted by molar-refractivity contribution is 6.04. The summed E-state index contributed by atoms with van der Waals surface area (Å²) in [6, 6.07) is 16.4. The summed E-state index contributed by atoms with van der Waals surface area (Å²) in [7, 11) is 0. The lowest BCUT2D eigenvalue weighted by Crippen LogP contribution is -2.11. The van der Waals surface area contributed by atoms with Gasteiger partial charge in [-0.15, -0.1) is 0 Å². The zero-order valence-electron chi connectivity index (χ0n) is 12.6. The minimum absolute atomic E-state index is 0.0435. The Hall–Kier alpha value is -3.21. The Kier molecular flexibility index (Phi) is 4.01. The summed E-state index contributed by atoms with van der Waals surface area (Å²) in [6.45, 7) is 1.49. The highest BCUT2D eigenvalue weighted by Crippen LogP contribution is 2.14. The summed E-state index contributed by atoms with van der Waals surface area (Å²) < 4.78 is 1.64. The van der Waals surface area contributed by atoms with Crippen molar-refractivity contribution in [2.45, 2.75) is 6.92 Å². The lowest BCUT2D eigenvalue weighted by molar-refractivity contribution is 0.101. The number of aromatic nitrogens is 2. The maximum absolute atomic E-state index is 12.3. The van der Waals surface area contributed by atoms with Gasteiger partial charge in [0.2, 0.25) is 0 Å². The van der Waals surface area contributed by atoms with Crippen LogP contribution in [-0.2, 0) is 0 Å². The third kappa shape index (κ3) is 3.35. The van der Waals surface area contributed by atoms with Crippen LogP contribution in [0.4, 0.5) is 5.69 Å². The van der Waals surface area contributed by atoms with Crippen molar-refractivity contribution in [2.24, 2.45) is 0 Å². The number of benzene rings is 2. The van der Waals surface area contributed by atoms with Crippen molar-refractivity contribution in [3.63, 3.8) is 0 Å². The highest BCUT2D eigenvalue weighted by Gasteiger charge is 2.10. The molecule has 0 aliphatic carbocycles. The number of amides is 1. The van der Waals surface area contributed by atoms with Crippen LogP contribution in [-0.4, -0.2) is 21.5 Å². The van der Waals surface area contributed by atoms with E-state index in [2.05, 4.69) is 10.4 Å². The third-order valence-electron chi connectivity index (χ3n) is 3.39. The first-order valence-electron chi connectivity index (χ1n) is 7.16. The molecule has 0 aliphatic rings. The number of hydrogen-bond donors (Lipinski definition) is 1. The van der Waals surface area contributed by atoms with E-state index >= 15 is 0 Å². The monoisotopic (exact) mass is 305 g/mol. The number of carbonyl (C=O) groups excluding carboxylic acids is 2. The lowest BCUT2D eigenvalue weighted by atomic mass is 10.1. The Balaban J connectivity index is 1.78. The van der Waals surface area contributed by atoms with Crippen molar-refractivity contribution in [2.75, 3.05) is 5.32 Å². The summed E-state index contributed by atoms with van der Waals surface area (Å²) in [5, 5.41) is 6.97. The summed E-state index contributed by atoms with van der Waals surface area (Å²) in [5.41, 5.74) is 2.46. The summed E-state index contributed by atoms with van der Waals surface area (Å²) in [4.78, 5) is 23.7. The zero-order valence-corrected chi connectivity index (χ0v) is 12.6. The topological polar surface area (TPSA) is 64.0 Å². The summed E-state index contributed by atoms with van der Waals surface area (Å²) in [6.07, 6.45) is 3.18. The van der Waals surface area contributed by atoms with E-state index in [4.69, 9.17) is 0 Å². The predicted octanol–water partition coefficient (Wildman–Crippen LogP) is 3.33. The molecule has 5 heteroatoms. The molecule has 0 atom stereocenters. The van der Waals surface area contributed by atoms with Crippen molar-refractivity contribution in [1.29, 1.82) is 0 Å². The molecule has 0 spiro atoms. The van der Waals surface area contributed by atoms with Crippen LogP contribution in [0, 0.1) is 0 Å². The van der Waals surface area contributed by atoms with Gasteiger partial charge >= 0.3 is 0 Å². The molecular weight excluding hydrogens is 290 g/mol. The SMILES string of the molecule is CC(=O)c1cccc(NC(=O)c2cnn(-c3ccccc3)c2)c1. The fourth-order valence-electron chi connectivity index (χ4n) is 2.18. The van der Waals surface area contributed by atoms with Gasteiger partial charge in [-0.3, -0.25) is 9.59 Å². The van der Waals surface area contributed by atoms with E-state index in [1.54, 1.807) is 35.1 Å². The molecule has 1 amide bonds. The van der Waals surface area contributed by atoms with E-state index in [1.807, 2.05) is 30.3 Å². The Morgan fingerprint density at radius 2 is 1.78 bits per heavy atom. The van der Waals surface area contributed by atoms with Gasteiger partial charge in [0, 0.05) is 17.4 Å². The Labute approximate surface area is 133 Å². The van der Waals surface area contributed by atoms with Crippen LogP contribution in [0.15, 0.2) is 67.0 Å². The van der Waals surface area contributed by atoms with E-state index in [1.165, 1.54) is 13.1 Å². The first kappa shape index (κ1) is 14.7. The molecule has 5 nitrogen and oxygen atoms in total. The molecule has 0 saturated carbocycles. The van der Waals surface area contributed by atoms with E-state index in [9.17, 15) is 9.59 Å². The maximum Gasteiger partial charge on any atom is 0.258 e. The maximum atomic E-state index is 12.3. The van der Waals surface area contributed by atoms with Crippen molar-refractivity contribution in [1.82, 2.24) is 9.78 Å². The quantitative estimate of drug-likeness (QED) is 0.752. The smallest absolute Gasteiger partial charge is 0.258 e. The molecule has 114 valence electrons. The molecule has 2 aromatic carbocycles. The molecule has 3 rings (SSSR count). The van der Waals surface area contributed by atoms with Crippen LogP contribution in [0.25, 0.3) is 5.69 Å². The van der Waals surface area contributed by atoms with E-state index in [0.717, 1.165) is 5.69 Å². The van der Waals surface area contributed by atoms with Crippen molar-refractivity contribution < 1.29 is 9.59 Å². The number of nitrogens with one attached hydrogen (secondary N) is 1. The Morgan fingerprint density at radius 1 is 1.00 bits per heavy atom. The number of para-hydroxylation sites is 1. The second-order valence-corrected chi connectivity index (χ2v) is 5.10. The van der Waals surface area contributed by atoms with Crippen LogP contribution in [0.3, 0.4) is 0 Å². The molecule has 0 bridgehead atoms. The van der Waals surface area contributed by atoms with Gasteiger partial charge in [0.15, 0.2) is 5.78 Å². The van der Waals surface area contributed by atoms with Crippen LogP contribution < -0.4 is 5.32 Å². The fraction of sp³-hybridized carbons (Fsp3) is 0.0556. The van der Waals surface area contributed by atoms with Crippen LogP contribution in [0.1, 0.15) is 27.6 Å². The molecule has 0 saturated heterocycles. The Bertz CT molecular complexity index is 853. The summed E-state index contributed by atoms with van der Waals surface area (Å²) in [5.74, 6) is -0.314. The van der Waals surface area contributed by atoms with Crippen molar-refractivity contribution in [3.05, 3.63) is 78.1 Å². The molecule has 1 N–H and O–H groups in total.